The molecule has 0 unspecified atom stereocenters. The lowest BCUT2D eigenvalue weighted by Crippen LogP contribution is -2.15. The van der Waals surface area contributed by atoms with E-state index in [9.17, 15) is 13.2 Å². The van der Waals surface area contributed by atoms with Crippen molar-refractivity contribution in [3.8, 4) is 0 Å². The SMILES string of the molecule is FC(F)(F)c1nc(Cc2cccs2)nc2c1CNC2. The zero-order valence-corrected chi connectivity index (χ0v) is 10.6. The second-order valence-corrected chi connectivity index (χ2v) is 5.30. The van der Waals surface area contributed by atoms with Gasteiger partial charge in [0.2, 0.25) is 0 Å². The van der Waals surface area contributed by atoms with Crippen LogP contribution in [0.1, 0.15) is 27.7 Å². The van der Waals surface area contributed by atoms with E-state index in [1.165, 1.54) is 11.3 Å². The summed E-state index contributed by atoms with van der Waals surface area (Å²) in [6.45, 7) is 0.557. The minimum atomic E-state index is -4.43. The lowest BCUT2D eigenvalue weighted by Gasteiger charge is -2.11. The number of rotatable bonds is 2. The number of alkyl halides is 3. The lowest BCUT2D eigenvalue weighted by molar-refractivity contribution is -0.142. The Kier molecular flexibility index (Phi) is 3.02. The fourth-order valence-corrected chi connectivity index (χ4v) is 2.80. The van der Waals surface area contributed by atoms with E-state index in [0.29, 0.717) is 18.7 Å². The van der Waals surface area contributed by atoms with Crippen LogP contribution in [0.3, 0.4) is 0 Å². The molecule has 0 spiro atoms. The quantitative estimate of drug-likeness (QED) is 0.922. The van der Waals surface area contributed by atoms with Gasteiger partial charge in [0.15, 0.2) is 5.69 Å². The maximum Gasteiger partial charge on any atom is 0.433 e. The second kappa shape index (κ2) is 4.57. The summed E-state index contributed by atoms with van der Waals surface area (Å²) in [7, 11) is 0. The van der Waals surface area contributed by atoms with Crippen LogP contribution >= 0.6 is 11.3 Å². The number of halogens is 3. The first kappa shape index (κ1) is 12.6. The Hall–Kier alpha value is -1.47. The van der Waals surface area contributed by atoms with Crippen LogP contribution < -0.4 is 5.32 Å². The largest absolute Gasteiger partial charge is 0.433 e. The molecule has 3 nitrogen and oxygen atoms in total. The molecule has 19 heavy (non-hydrogen) atoms. The molecule has 0 bridgehead atoms. The first-order valence-corrected chi connectivity index (χ1v) is 6.61. The number of thiophene rings is 1. The summed E-state index contributed by atoms with van der Waals surface area (Å²) in [6.07, 6.45) is -4.09. The van der Waals surface area contributed by atoms with Gasteiger partial charge in [-0.1, -0.05) is 6.07 Å². The van der Waals surface area contributed by atoms with Gasteiger partial charge in [0.05, 0.1) is 5.69 Å². The van der Waals surface area contributed by atoms with Crippen LogP contribution in [0.2, 0.25) is 0 Å². The highest BCUT2D eigenvalue weighted by atomic mass is 32.1. The van der Waals surface area contributed by atoms with Crippen LogP contribution in [0.4, 0.5) is 13.2 Å². The van der Waals surface area contributed by atoms with Crippen LogP contribution in [0.5, 0.6) is 0 Å². The Morgan fingerprint density at radius 3 is 2.79 bits per heavy atom. The maximum atomic E-state index is 13.0. The standard InChI is InChI=1S/C12H10F3N3S/c13-12(14,15)11-8-5-16-6-9(8)17-10(18-11)4-7-2-1-3-19-7/h1-3,16H,4-6H2. The molecule has 0 fully saturated rings. The average Bonchev–Trinajstić information content (AvgIpc) is 2.96. The molecule has 1 N–H and O–H groups in total. The fraction of sp³-hybridized carbons (Fsp3) is 0.333. The molecule has 0 amide bonds. The molecule has 7 heteroatoms. The van der Waals surface area contributed by atoms with Crippen molar-refractivity contribution < 1.29 is 13.2 Å². The van der Waals surface area contributed by atoms with E-state index in [0.717, 1.165) is 4.88 Å². The molecule has 0 aliphatic carbocycles. The molecular formula is C12H10F3N3S. The van der Waals surface area contributed by atoms with E-state index >= 15 is 0 Å². The summed E-state index contributed by atoms with van der Waals surface area (Å²) >= 11 is 1.49. The highest BCUT2D eigenvalue weighted by Gasteiger charge is 2.38. The number of hydrogen-bond donors (Lipinski definition) is 1. The molecule has 0 saturated heterocycles. The van der Waals surface area contributed by atoms with Crippen molar-refractivity contribution in [2.45, 2.75) is 25.7 Å². The molecular weight excluding hydrogens is 275 g/mol. The van der Waals surface area contributed by atoms with Crippen molar-refractivity contribution in [3.05, 3.63) is 45.2 Å². The number of hydrogen-bond acceptors (Lipinski definition) is 4. The van der Waals surface area contributed by atoms with Crippen LogP contribution in [-0.4, -0.2) is 9.97 Å². The topological polar surface area (TPSA) is 37.8 Å². The summed E-state index contributed by atoms with van der Waals surface area (Å²) in [5.41, 5.74) is -0.148. The summed E-state index contributed by atoms with van der Waals surface area (Å²) < 4.78 is 39.0. The van der Waals surface area contributed by atoms with Crippen LogP contribution in [0.15, 0.2) is 17.5 Å². The zero-order chi connectivity index (χ0) is 13.5. The summed E-state index contributed by atoms with van der Waals surface area (Å²) in [6, 6.07) is 3.73. The van der Waals surface area contributed by atoms with Gasteiger partial charge in [-0.3, -0.25) is 0 Å². The number of nitrogens with zero attached hydrogens (tertiary/aromatic N) is 2. The van der Waals surface area contributed by atoms with Gasteiger partial charge in [-0.2, -0.15) is 13.2 Å². The zero-order valence-electron chi connectivity index (χ0n) is 9.79. The van der Waals surface area contributed by atoms with Gasteiger partial charge >= 0.3 is 6.18 Å². The van der Waals surface area contributed by atoms with Gasteiger partial charge in [0.25, 0.3) is 0 Å². The molecule has 1 aliphatic heterocycles. The first-order valence-electron chi connectivity index (χ1n) is 5.73. The molecule has 0 radical (unpaired) electrons. The molecule has 0 saturated carbocycles. The van der Waals surface area contributed by atoms with Crippen molar-refractivity contribution in [1.29, 1.82) is 0 Å². The van der Waals surface area contributed by atoms with Crippen LogP contribution in [0, 0.1) is 0 Å². The lowest BCUT2D eigenvalue weighted by atomic mass is 10.1. The Labute approximate surface area is 111 Å². The van der Waals surface area contributed by atoms with Crippen LogP contribution in [0.25, 0.3) is 0 Å². The number of fused-ring (bicyclic) bond motifs is 1. The Balaban J connectivity index is 2.03. The van der Waals surface area contributed by atoms with Gasteiger partial charge < -0.3 is 5.32 Å². The number of nitrogens with one attached hydrogen (secondary N) is 1. The highest BCUT2D eigenvalue weighted by molar-refractivity contribution is 7.09. The van der Waals surface area contributed by atoms with Gasteiger partial charge in [-0.25, -0.2) is 9.97 Å². The van der Waals surface area contributed by atoms with Crippen molar-refractivity contribution in [2.75, 3.05) is 0 Å². The fourth-order valence-electron chi connectivity index (χ4n) is 2.10. The van der Waals surface area contributed by atoms with E-state index in [2.05, 4.69) is 15.3 Å². The molecule has 100 valence electrons. The smallest absolute Gasteiger partial charge is 0.307 e. The first-order chi connectivity index (χ1) is 9.04. The third kappa shape index (κ3) is 2.48. The van der Waals surface area contributed by atoms with Crippen molar-refractivity contribution >= 4 is 11.3 Å². The Morgan fingerprint density at radius 2 is 2.11 bits per heavy atom. The van der Waals surface area contributed by atoms with Gasteiger partial charge in [0.1, 0.15) is 5.82 Å². The average molecular weight is 285 g/mol. The van der Waals surface area contributed by atoms with Crippen LogP contribution in [-0.2, 0) is 25.7 Å². The summed E-state index contributed by atoms with van der Waals surface area (Å²) in [4.78, 5) is 8.91. The highest BCUT2D eigenvalue weighted by Crippen LogP contribution is 2.33. The third-order valence-electron chi connectivity index (χ3n) is 2.91. The summed E-state index contributed by atoms with van der Waals surface area (Å²) in [5, 5.41) is 4.77. The minimum Gasteiger partial charge on any atom is -0.307 e. The third-order valence-corrected chi connectivity index (χ3v) is 3.79. The van der Waals surface area contributed by atoms with E-state index in [1.807, 2.05) is 17.5 Å². The predicted octanol–water partition coefficient (Wildman–Crippen LogP) is 2.75. The van der Waals surface area contributed by atoms with E-state index in [4.69, 9.17) is 0 Å². The van der Waals surface area contributed by atoms with Gasteiger partial charge in [-0.05, 0) is 11.4 Å². The Morgan fingerprint density at radius 1 is 1.26 bits per heavy atom. The monoisotopic (exact) mass is 285 g/mol. The molecule has 2 aromatic rings. The molecule has 0 atom stereocenters. The van der Waals surface area contributed by atoms with Crippen molar-refractivity contribution in [2.24, 2.45) is 0 Å². The minimum absolute atomic E-state index is 0.183. The Bertz CT molecular complexity index is 593. The second-order valence-electron chi connectivity index (χ2n) is 4.27. The number of aromatic nitrogens is 2. The summed E-state index contributed by atoms with van der Waals surface area (Å²) in [5.74, 6) is 0.234. The molecule has 3 rings (SSSR count). The van der Waals surface area contributed by atoms with E-state index in [1.54, 1.807) is 0 Å². The maximum absolute atomic E-state index is 13.0. The normalized spacial score (nSPS) is 14.7. The molecule has 0 aromatic carbocycles. The van der Waals surface area contributed by atoms with Gasteiger partial charge in [0, 0.05) is 30.0 Å². The van der Waals surface area contributed by atoms with Crippen molar-refractivity contribution in [3.63, 3.8) is 0 Å². The molecule has 3 heterocycles. The van der Waals surface area contributed by atoms with E-state index in [-0.39, 0.29) is 17.9 Å². The van der Waals surface area contributed by atoms with E-state index < -0.39 is 11.9 Å². The van der Waals surface area contributed by atoms with Crippen molar-refractivity contribution in [1.82, 2.24) is 15.3 Å². The van der Waals surface area contributed by atoms with Gasteiger partial charge in [-0.15, -0.1) is 11.3 Å². The predicted molar refractivity (Wildman–Crippen MR) is 64.7 cm³/mol. The molecule has 2 aromatic heterocycles. The molecule has 1 aliphatic rings.